The minimum absolute atomic E-state index is 0.0275. The van der Waals surface area contributed by atoms with Crippen LogP contribution in [0.3, 0.4) is 0 Å². The van der Waals surface area contributed by atoms with Crippen LogP contribution in [0.1, 0.15) is 52.4 Å². The molecule has 13 heteroatoms. The Balaban J connectivity index is 0.000000530. The van der Waals surface area contributed by atoms with E-state index in [1.807, 2.05) is 6.92 Å². The first-order valence-electron chi connectivity index (χ1n) is 10.6. The molecule has 33 heavy (non-hydrogen) atoms. The summed E-state index contributed by atoms with van der Waals surface area (Å²) in [5, 5.41) is 1.67. The molecule has 0 spiro atoms. The summed E-state index contributed by atoms with van der Waals surface area (Å²) in [7, 11) is 0. The summed E-state index contributed by atoms with van der Waals surface area (Å²) in [6, 6.07) is -0.942. The van der Waals surface area contributed by atoms with Crippen molar-refractivity contribution in [2.45, 2.75) is 64.5 Å². The number of imide groups is 1. The zero-order chi connectivity index (χ0) is 25.6. The molecule has 2 fully saturated rings. The number of likely N-dealkylation sites (tertiary alicyclic amines) is 2. The highest BCUT2D eigenvalue weighted by Crippen LogP contribution is 2.16. The van der Waals surface area contributed by atoms with E-state index in [-0.39, 0.29) is 29.6 Å². The second-order valence-corrected chi connectivity index (χ2v) is 8.12. The van der Waals surface area contributed by atoms with Crippen molar-refractivity contribution >= 4 is 69.6 Å². The third-order valence-corrected chi connectivity index (χ3v) is 5.62. The van der Waals surface area contributed by atoms with Gasteiger partial charge < -0.3 is 15.5 Å². The molecule has 0 saturated carbocycles. The smallest absolute Gasteiger partial charge is 0.249 e. The van der Waals surface area contributed by atoms with Gasteiger partial charge in [0.15, 0.2) is 0 Å². The van der Waals surface area contributed by atoms with Gasteiger partial charge in [-0.05, 0) is 37.3 Å². The molecule has 188 valence electrons. The average molecular weight is 530 g/mol. The van der Waals surface area contributed by atoms with Gasteiger partial charge in [-0.2, -0.15) is 0 Å². The van der Waals surface area contributed by atoms with E-state index in [4.69, 9.17) is 40.5 Å². The van der Waals surface area contributed by atoms with Gasteiger partial charge in [0, 0.05) is 25.9 Å². The van der Waals surface area contributed by atoms with Gasteiger partial charge in [-0.25, -0.2) is 0 Å². The van der Waals surface area contributed by atoms with Crippen molar-refractivity contribution in [3.05, 3.63) is 0 Å². The van der Waals surface area contributed by atoms with Crippen molar-refractivity contribution in [3.63, 3.8) is 0 Å². The minimum Gasteiger partial charge on any atom is -0.368 e. The number of hydrogen-bond acceptors (Lipinski definition) is 6. The maximum absolute atomic E-state index is 11.7. The normalized spacial score (nSPS) is 16.8. The summed E-state index contributed by atoms with van der Waals surface area (Å²) in [5.41, 5.74) is 5.16. The molecule has 0 aliphatic carbocycles. The van der Waals surface area contributed by atoms with Gasteiger partial charge in [0.25, 0.3) is 0 Å². The van der Waals surface area contributed by atoms with Crippen molar-refractivity contribution in [1.82, 2.24) is 15.1 Å². The Morgan fingerprint density at radius 2 is 1.33 bits per heavy atom. The fourth-order valence-electron chi connectivity index (χ4n) is 3.37. The number of carbonyl (C=O) groups excluding carboxylic acids is 6. The second-order valence-electron chi connectivity index (χ2n) is 7.17. The molecule has 2 aliphatic heterocycles. The summed E-state index contributed by atoms with van der Waals surface area (Å²) in [6.07, 6.45) is 3.76. The molecule has 2 heterocycles. The van der Waals surface area contributed by atoms with Crippen LogP contribution in [0.25, 0.3) is 0 Å². The number of rotatable bonds is 8. The lowest BCUT2D eigenvalue weighted by molar-refractivity contribution is -0.140. The van der Waals surface area contributed by atoms with Crippen LogP contribution in [-0.2, 0) is 28.8 Å². The number of amides is 5. The van der Waals surface area contributed by atoms with Crippen molar-refractivity contribution in [2.75, 3.05) is 24.8 Å². The Morgan fingerprint density at radius 3 is 1.61 bits per heavy atom. The largest absolute Gasteiger partial charge is 0.368 e. The highest BCUT2D eigenvalue weighted by atomic mass is 35.5. The maximum atomic E-state index is 11.7. The number of halogens is 3. The van der Waals surface area contributed by atoms with E-state index in [1.165, 1.54) is 4.90 Å². The first kappa shape index (κ1) is 31.1. The van der Waals surface area contributed by atoms with Crippen LogP contribution in [0.4, 0.5) is 0 Å². The Labute approximate surface area is 208 Å². The molecule has 2 atom stereocenters. The molecule has 0 radical (unpaired) electrons. The van der Waals surface area contributed by atoms with Gasteiger partial charge in [0.05, 0.1) is 5.88 Å². The van der Waals surface area contributed by atoms with E-state index >= 15 is 0 Å². The number of alkyl halides is 2. The molecule has 0 aromatic rings. The van der Waals surface area contributed by atoms with Gasteiger partial charge in [0.1, 0.15) is 18.0 Å². The molecule has 0 aromatic heterocycles. The number of carbonyl (C=O) groups is 6. The molecule has 2 saturated heterocycles. The van der Waals surface area contributed by atoms with Gasteiger partial charge in [-0.15, -0.1) is 23.2 Å². The maximum Gasteiger partial charge on any atom is 0.249 e. The fourth-order valence-corrected chi connectivity index (χ4v) is 3.44. The molecule has 5 amide bonds. The van der Waals surface area contributed by atoms with E-state index in [9.17, 15) is 28.8 Å². The summed E-state index contributed by atoms with van der Waals surface area (Å²) < 4.78 is 0. The van der Waals surface area contributed by atoms with Gasteiger partial charge >= 0.3 is 0 Å². The van der Waals surface area contributed by atoms with E-state index in [0.29, 0.717) is 38.8 Å². The molecule has 10 nitrogen and oxygen atoms in total. The fraction of sp³-hybridized carbons (Fsp3) is 0.700. The van der Waals surface area contributed by atoms with Crippen LogP contribution >= 0.6 is 34.8 Å². The van der Waals surface area contributed by atoms with E-state index in [0.717, 1.165) is 12.8 Å². The van der Waals surface area contributed by atoms with Crippen LogP contribution in [0.15, 0.2) is 0 Å². The molecule has 2 rings (SSSR count). The lowest BCUT2D eigenvalue weighted by Crippen LogP contribution is -2.49. The lowest BCUT2D eigenvalue weighted by atomic mass is 10.2. The van der Waals surface area contributed by atoms with Crippen LogP contribution in [0.2, 0.25) is 0 Å². The number of nitrogens with one attached hydrogen (secondary N) is 1. The summed E-state index contributed by atoms with van der Waals surface area (Å²) >= 11 is 14.8. The van der Waals surface area contributed by atoms with E-state index in [2.05, 4.69) is 5.32 Å². The average Bonchev–Trinajstić information content (AvgIpc) is 3.38. The van der Waals surface area contributed by atoms with Gasteiger partial charge in [-0.1, -0.05) is 13.8 Å². The minimum atomic E-state index is -0.554. The Morgan fingerprint density at radius 1 is 0.909 bits per heavy atom. The predicted molar refractivity (Wildman–Crippen MR) is 125 cm³/mol. The molecule has 0 bridgehead atoms. The first-order valence-corrected chi connectivity index (χ1v) is 12.0. The molecule has 0 aromatic carbocycles. The van der Waals surface area contributed by atoms with Crippen molar-refractivity contribution in [2.24, 2.45) is 5.73 Å². The molecular weight excluding hydrogens is 499 g/mol. The summed E-state index contributed by atoms with van der Waals surface area (Å²) in [4.78, 5) is 68.8. The molecular formula is C20H31Cl3N4O6. The monoisotopic (exact) mass is 528 g/mol. The third-order valence-electron chi connectivity index (χ3n) is 4.87. The Kier molecular flexibility index (Phi) is 15.7. The second kappa shape index (κ2) is 16.7. The van der Waals surface area contributed by atoms with E-state index < -0.39 is 29.0 Å². The summed E-state index contributed by atoms with van der Waals surface area (Å²) in [6.45, 7) is 4.93. The number of primary amides is 1. The number of nitrogens with zero attached hydrogens (tertiary/aromatic N) is 2. The first-order chi connectivity index (χ1) is 15.5. The standard InChI is InChI=1S/C10H15ClN2O3.C8H14N2O2.C2H2Cl2O/c1-2-7(10(16)12-8(14)6-11)13-5-3-4-9(13)15;1-2-6(8(9)12)10-5-3-4-7(10)11;3-1-2(4)5/h7H,2-6H2,1H3,(H,12,14,16);6H,2-5H2,1H3,(H2,9,12);1H2/t7-;6-;/m00./s1. The number of nitrogens with two attached hydrogens (primary N) is 1. The van der Waals surface area contributed by atoms with Gasteiger partial charge in [-0.3, -0.25) is 34.1 Å². The Bertz CT molecular complexity index is 722. The van der Waals surface area contributed by atoms with Crippen LogP contribution in [0.5, 0.6) is 0 Å². The van der Waals surface area contributed by atoms with Crippen molar-refractivity contribution in [3.8, 4) is 0 Å². The van der Waals surface area contributed by atoms with Crippen molar-refractivity contribution < 1.29 is 28.8 Å². The zero-order valence-electron chi connectivity index (χ0n) is 18.8. The zero-order valence-corrected chi connectivity index (χ0v) is 21.0. The lowest BCUT2D eigenvalue weighted by Gasteiger charge is -2.25. The highest BCUT2D eigenvalue weighted by molar-refractivity contribution is 6.67. The van der Waals surface area contributed by atoms with Crippen molar-refractivity contribution in [1.29, 1.82) is 0 Å². The highest BCUT2D eigenvalue weighted by Gasteiger charge is 2.32. The van der Waals surface area contributed by atoms with Crippen LogP contribution in [0, 0.1) is 0 Å². The molecule has 3 N–H and O–H groups in total. The molecule has 2 aliphatic rings. The van der Waals surface area contributed by atoms with Gasteiger partial charge in [0.2, 0.25) is 34.8 Å². The van der Waals surface area contributed by atoms with E-state index in [1.54, 1.807) is 11.8 Å². The quantitative estimate of drug-likeness (QED) is 0.356. The number of hydrogen-bond donors (Lipinski definition) is 2. The van der Waals surface area contributed by atoms with Crippen LogP contribution < -0.4 is 11.1 Å². The third kappa shape index (κ3) is 11.2. The summed E-state index contributed by atoms with van der Waals surface area (Å²) in [5.74, 6) is -1.69. The molecule has 0 unspecified atom stereocenters. The topological polar surface area (TPSA) is 147 Å². The predicted octanol–water partition coefficient (Wildman–Crippen LogP) is 1.13. The van der Waals surface area contributed by atoms with Crippen LogP contribution in [-0.4, -0.2) is 81.5 Å². The SMILES string of the molecule is CC[C@@H](C(=O)NC(=O)CCl)N1CCCC1=O.CC[C@@H](C(N)=O)N1CCCC1=O.O=C(Cl)CCl. The Hall–Kier alpha value is -1.91.